The van der Waals surface area contributed by atoms with Gasteiger partial charge in [-0.2, -0.15) is 0 Å². The molecule has 166 valence electrons. The molecule has 0 bridgehead atoms. The van der Waals surface area contributed by atoms with Gasteiger partial charge in [-0.25, -0.2) is 4.79 Å². The largest absolute Gasteiger partial charge is 0.463 e. The van der Waals surface area contributed by atoms with Crippen LogP contribution in [0.3, 0.4) is 0 Å². The summed E-state index contributed by atoms with van der Waals surface area (Å²) >= 11 is 6.03. The molecular formula is C27H23ClN2O3. The highest BCUT2D eigenvalue weighted by Crippen LogP contribution is 2.47. The van der Waals surface area contributed by atoms with Crippen LogP contribution in [0.4, 0.5) is 11.4 Å². The summed E-state index contributed by atoms with van der Waals surface area (Å²) in [5.74, 6) is -0.489. The molecule has 0 saturated heterocycles. The van der Waals surface area contributed by atoms with E-state index in [1.807, 2.05) is 47.4 Å². The van der Waals surface area contributed by atoms with Crippen molar-refractivity contribution in [2.24, 2.45) is 0 Å². The van der Waals surface area contributed by atoms with Crippen LogP contribution < -0.4 is 9.80 Å². The van der Waals surface area contributed by atoms with Crippen molar-refractivity contribution in [3.8, 4) is 0 Å². The number of ether oxygens (including phenoxy) is 1. The molecule has 0 spiro atoms. The number of para-hydroxylation sites is 2. The quantitative estimate of drug-likeness (QED) is 0.373. The van der Waals surface area contributed by atoms with Gasteiger partial charge in [-0.15, -0.1) is 0 Å². The van der Waals surface area contributed by atoms with E-state index in [-0.39, 0.29) is 12.4 Å². The van der Waals surface area contributed by atoms with Crippen molar-refractivity contribution in [2.75, 3.05) is 16.4 Å². The van der Waals surface area contributed by atoms with Crippen LogP contribution in [0.5, 0.6) is 0 Å². The lowest BCUT2D eigenvalue weighted by Gasteiger charge is -2.31. The van der Waals surface area contributed by atoms with Gasteiger partial charge in [-0.1, -0.05) is 54.1 Å². The van der Waals surface area contributed by atoms with E-state index in [9.17, 15) is 9.59 Å². The first-order valence-electron chi connectivity index (χ1n) is 10.9. The minimum absolute atomic E-state index is 0.0904. The van der Waals surface area contributed by atoms with Gasteiger partial charge in [0.15, 0.2) is 5.78 Å². The molecule has 2 unspecified atom stereocenters. The van der Waals surface area contributed by atoms with Gasteiger partial charge in [0, 0.05) is 17.1 Å². The molecule has 2 aliphatic rings. The lowest BCUT2D eigenvalue weighted by atomic mass is 10.0. The molecule has 0 amide bonds. The van der Waals surface area contributed by atoms with Crippen molar-refractivity contribution < 1.29 is 14.3 Å². The molecule has 3 aromatic carbocycles. The normalized spacial score (nSPS) is 18.5. The number of hydrogen-bond donors (Lipinski definition) is 0. The van der Waals surface area contributed by atoms with E-state index in [0.29, 0.717) is 22.7 Å². The summed E-state index contributed by atoms with van der Waals surface area (Å²) in [6.45, 7) is 2.65. The maximum Gasteiger partial charge on any atom is 0.337 e. The number of Topliss-reactive ketones (excluding diaryl/α,β-unsaturated/α-hetero) is 1. The predicted octanol–water partition coefficient (Wildman–Crippen LogP) is 5.25. The number of benzene rings is 3. The fourth-order valence-corrected chi connectivity index (χ4v) is 4.75. The molecule has 0 fully saturated rings. The number of anilines is 2. The summed E-state index contributed by atoms with van der Waals surface area (Å²) in [5, 5.41) is 0.569. The first-order chi connectivity index (χ1) is 16.1. The van der Waals surface area contributed by atoms with E-state index >= 15 is 0 Å². The summed E-state index contributed by atoms with van der Waals surface area (Å²) in [6, 6.07) is 24.3. The van der Waals surface area contributed by atoms with Crippen molar-refractivity contribution in [2.45, 2.75) is 25.7 Å². The van der Waals surface area contributed by atoms with Crippen LogP contribution >= 0.6 is 11.6 Å². The van der Waals surface area contributed by atoms with Crippen LogP contribution in [0.15, 0.2) is 90.5 Å². The first-order valence-corrected chi connectivity index (χ1v) is 11.3. The number of fused-ring (bicyclic) bond motifs is 3. The van der Waals surface area contributed by atoms with Gasteiger partial charge in [0.2, 0.25) is 0 Å². The number of halogens is 1. The van der Waals surface area contributed by atoms with Gasteiger partial charge in [0.05, 0.1) is 23.6 Å². The average molecular weight is 459 g/mol. The van der Waals surface area contributed by atoms with Crippen LogP contribution in [-0.2, 0) is 16.1 Å². The molecule has 0 aliphatic carbocycles. The maximum absolute atomic E-state index is 13.6. The highest BCUT2D eigenvalue weighted by Gasteiger charge is 2.49. The summed E-state index contributed by atoms with van der Waals surface area (Å²) in [4.78, 5) is 30.8. The van der Waals surface area contributed by atoms with Gasteiger partial charge in [-0.3, -0.25) is 4.79 Å². The van der Waals surface area contributed by atoms with E-state index in [1.165, 1.54) is 0 Å². The zero-order chi connectivity index (χ0) is 22.9. The third-order valence-electron chi connectivity index (χ3n) is 6.05. The Kier molecular flexibility index (Phi) is 5.65. The summed E-state index contributed by atoms with van der Waals surface area (Å²) in [6.07, 6.45) is 1.33. The molecular weight excluding hydrogens is 436 g/mol. The summed E-state index contributed by atoms with van der Waals surface area (Å²) < 4.78 is 5.39. The Balaban J connectivity index is 1.60. The van der Waals surface area contributed by atoms with E-state index in [4.69, 9.17) is 16.3 Å². The number of ketones is 1. The lowest BCUT2D eigenvalue weighted by molar-refractivity contribution is -0.138. The van der Waals surface area contributed by atoms with Gasteiger partial charge in [0.25, 0.3) is 0 Å². The molecule has 2 aliphatic heterocycles. The number of carbonyl (C=O) groups excluding carboxylic acids is 2. The molecule has 5 nitrogen and oxygen atoms in total. The fraction of sp³-hybridized carbons (Fsp3) is 0.185. The van der Waals surface area contributed by atoms with Crippen LogP contribution in [0.2, 0.25) is 5.02 Å². The molecule has 0 N–H and O–H groups in total. The molecule has 6 heteroatoms. The molecule has 33 heavy (non-hydrogen) atoms. The van der Waals surface area contributed by atoms with E-state index in [0.717, 1.165) is 16.9 Å². The van der Waals surface area contributed by atoms with Crippen molar-refractivity contribution in [1.82, 2.24) is 0 Å². The SMILES string of the molecule is CCOC(=O)C1=CC(C(=O)c2ccc(Cl)cc2)N2c3ccccc3N(Cc3ccccc3)C12. The number of carbonyl (C=O) groups is 2. The van der Waals surface area contributed by atoms with Crippen molar-refractivity contribution in [3.05, 3.63) is 107 Å². The highest BCUT2D eigenvalue weighted by atomic mass is 35.5. The Morgan fingerprint density at radius 1 is 0.909 bits per heavy atom. The minimum Gasteiger partial charge on any atom is -0.463 e. The molecule has 0 aromatic heterocycles. The molecule has 2 heterocycles. The predicted molar refractivity (Wildman–Crippen MR) is 130 cm³/mol. The number of rotatable bonds is 6. The molecule has 2 atom stereocenters. The minimum atomic E-state index is -0.627. The van der Waals surface area contributed by atoms with E-state index < -0.39 is 18.2 Å². The average Bonchev–Trinajstić information content (AvgIpc) is 3.37. The topological polar surface area (TPSA) is 49.9 Å². The first kappa shape index (κ1) is 21.3. The molecule has 3 aromatic rings. The number of nitrogens with zero attached hydrogens (tertiary/aromatic N) is 2. The standard InChI is InChI=1S/C27H23ClN2O3/c1-2-33-27(32)21-16-24(25(31)19-12-14-20(28)15-13-19)30-23-11-7-6-10-22(23)29(26(21)30)17-18-8-4-3-5-9-18/h3-16,24,26H,2,17H2,1H3. The smallest absolute Gasteiger partial charge is 0.337 e. The Morgan fingerprint density at radius 3 is 2.27 bits per heavy atom. The number of esters is 1. The second-order valence-electron chi connectivity index (χ2n) is 8.04. The van der Waals surface area contributed by atoms with Crippen LogP contribution in [0.25, 0.3) is 0 Å². The monoisotopic (exact) mass is 458 g/mol. The molecule has 5 rings (SSSR count). The number of hydrogen-bond acceptors (Lipinski definition) is 5. The second-order valence-corrected chi connectivity index (χ2v) is 8.48. The van der Waals surface area contributed by atoms with Crippen LogP contribution in [0.1, 0.15) is 22.8 Å². The van der Waals surface area contributed by atoms with Gasteiger partial charge in [0.1, 0.15) is 12.2 Å². The summed E-state index contributed by atoms with van der Waals surface area (Å²) in [5.41, 5.74) is 4.04. The van der Waals surface area contributed by atoms with Gasteiger partial charge < -0.3 is 14.5 Å². The fourth-order valence-electron chi connectivity index (χ4n) is 4.62. The Bertz CT molecular complexity index is 1220. The lowest BCUT2D eigenvalue weighted by Crippen LogP contribution is -2.47. The van der Waals surface area contributed by atoms with Crippen molar-refractivity contribution >= 4 is 34.7 Å². The Labute approximate surface area is 197 Å². The second kappa shape index (κ2) is 8.75. The van der Waals surface area contributed by atoms with Crippen LogP contribution in [0, 0.1) is 0 Å². The Hall–Kier alpha value is -3.57. The maximum atomic E-state index is 13.6. The van der Waals surface area contributed by atoms with E-state index in [2.05, 4.69) is 17.0 Å². The van der Waals surface area contributed by atoms with Crippen molar-refractivity contribution in [3.63, 3.8) is 0 Å². The zero-order valence-corrected chi connectivity index (χ0v) is 18.9. The highest BCUT2D eigenvalue weighted by molar-refractivity contribution is 6.30. The van der Waals surface area contributed by atoms with Gasteiger partial charge in [-0.05, 0) is 55.0 Å². The van der Waals surface area contributed by atoms with Crippen LogP contribution in [-0.4, -0.2) is 30.6 Å². The summed E-state index contributed by atoms with van der Waals surface area (Å²) in [7, 11) is 0. The molecule has 0 radical (unpaired) electrons. The van der Waals surface area contributed by atoms with Gasteiger partial charge >= 0.3 is 5.97 Å². The van der Waals surface area contributed by atoms with Crippen molar-refractivity contribution in [1.29, 1.82) is 0 Å². The Morgan fingerprint density at radius 2 is 1.58 bits per heavy atom. The zero-order valence-electron chi connectivity index (χ0n) is 18.1. The van der Waals surface area contributed by atoms with E-state index in [1.54, 1.807) is 37.3 Å². The third-order valence-corrected chi connectivity index (χ3v) is 6.30. The third kappa shape index (κ3) is 3.79. The molecule has 0 saturated carbocycles.